The fourth-order valence-corrected chi connectivity index (χ4v) is 1.96. The second kappa shape index (κ2) is 6.72. The number of urea groups is 1. The van der Waals surface area contributed by atoms with Crippen LogP contribution >= 0.6 is 0 Å². The number of rotatable bonds is 4. The molecule has 0 aromatic carbocycles. The zero-order chi connectivity index (χ0) is 12.7. The topological polar surface area (TPSA) is 96.5 Å². The molecule has 1 saturated carbocycles. The van der Waals surface area contributed by atoms with Gasteiger partial charge in [0.1, 0.15) is 0 Å². The Balaban J connectivity index is 2.25. The van der Waals surface area contributed by atoms with E-state index >= 15 is 0 Å². The summed E-state index contributed by atoms with van der Waals surface area (Å²) in [6, 6.07) is -0.414. The molecule has 0 bridgehead atoms. The highest BCUT2D eigenvalue weighted by Gasteiger charge is 2.27. The van der Waals surface area contributed by atoms with Crippen molar-refractivity contribution in [1.82, 2.24) is 16.2 Å². The molecule has 1 aliphatic rings. The SMILES string of the molecule is COC(=O)[C@H]1CC[C@H](NC(=O)NNC=O)CC1. The molecule has 7 heteroatoms. The monoisotopic (exact) mass is 243 g/mol. The van der Waals surface area contributed by atoms with Crippen LogP contribution < -0.4 is 16.2 Å². The minimum absolute atomic E-state index is 0.0318. The van der Waals surface area contributed by atoms with Crippen LogP contribution in [0.2, 0.25) is 0 Å². The van der Waals surface area contributed by atoms with Gasteiger partial charge in [0.2, 0.25) is 6.41 Å². The summed E-state index contributed by atoms with van der Waals surface area (Å²) >= 11 is 0. The van der Waals surface area contributed by atoms with Crippen molar-refractivity contribution < 1.29 is 19.1 Å². The Morgan fingerprint density at radius 3 is 2.41 bits per heavy atom. The van der Waals surface area contributed by atoms with Crippen LogP contribution in [0, 0.1) is 5.92 Å². The number of amides is 3. The van der Waals surface area contributed by atoms with Crippen LogP contribution in [0.15, 0.2) is 0 Å². The molecule has 0 atom stereocenters. The highest BCUT2D eigenvalue weighted by Crippen LogP contribution is 2.25. The van der Waals surface area contributed by atoms with Crippen molar-refractivity contribution in [3.63, 3.8) is 0 Å². The summed E-state index contributed by atoms with van der Waals surface area (Å²) in [7, 11) is 1.38. The third kappa shape index (κ3) is 4.29. The predicted molar refractivity (Wildman–Crippen MR) is 58.6 cm³/mol. The van der Waals surface area contributed by atoms with Crippen LogP contribution in [-0.2, 0) is 14.3 Å². The molecule has 0 radical (unpaired) electrons. The van der Waals surface area contributed by atoms with Gasteiger partial charge in [-0.25, -0.2) is 10.2 Å². The standard InChI is InChI=1S/C10H17N3O4/c1-17-9(15)7-2-4-8(5-3-7)12-10(16)13-11-6-14/h6-8H,2-5H2,1H3,(H,11,14)(H2,12,13,16)/t7-,8-. The zero-order valence-corrected chi connectivity index (χ0v) is 9.69. The fourth-order valence-electron chi connectivity index (χ4n) is 1.96. The van der Waals surface area contributed by atoms with Crippen LogP contribution in [-0.4, -0.2) is 31.6 Å². The van der Waals surface area contributed by atoms with Gasteiger partial charge >= 0.3 is 12.0 Å². The number of carbonyl (C=O) groups excluding carboxylic acids is 3. The Morgan fingerprint density at radius 1 is 1.24 bits per heavy atom. The Morgan fingerprint density at radius 2 is 1.88 bits per heavy atom. The lowest BCUT2D eigenvalue weighted by Gasteiger charge is -2.27. The molecule has 0 saturated heterocycles. The third-order valence-electron chi connectivity index (χ3n) is 2.84. The van der Waals surface area contributed by atoms with Crippen molar-refractivity contribution in [3.05, 3.63) is 0 Å². The van der Waals surface area contributed by atoms with Gasteiger partial charge in [0.25, 0.3) is 0 Å². The van der Waals surface area contributed by atoms with E-state index in [-0.39, 0.29) is 17.9 Å². The minimum Gasteiger partial charge on any atom is -0.469 e. The number of hydrazine groups is 1. The van der Waals surface area contributed by atoms with Gasteiger partial charge in [0.15, 0.2) is 0 Å². The van der Waals surface area contributed by atoms with Gasteiger partial charge in [-0.1, -0.05) is 0 Å². The molecule has 0 spiro atoms. The van der Waals surface area contributed by atoms with Gasteiger partial charge < -0.3 is 10.1 Å². The second-order valence-electron chi connectivity index (χ2n) is 3.93. The van der Waals surface area contributed by atoms with E-state index in [1.165, 1.54) is 7.11 Å². The molecule has 96 valence electrons. The van der Waals surface area contributed by atoms with Crippen molar-refractivity contribution >= 4 is 18.4 Å². The molecule has 3 amide bonds. The molecule has 0 aromatic rings. The van der Waals surface area contributed by atoms with E-state index in [0.717, 1.165) is 12.8 Å². The molecular formula is C10H17N3O4. The first-order valence-corrected chi connectivity index (χ1v) is 5.51. The Hall–Kier alpha value is -1.79. The largest absolute Gasteiger partial charge is 0.469 e. The van der Waals surface area contributed by atoms with E-state index < -0.39 is 6.03 Å². The molecule has 3 N–H and O–H groups in total. The maximum atomic E-state index is 11.3. The van der Waals surface area contributed by atoms with Gasteiger partial charge in [-0.2, -0.15) is 0 Å². The first-order chi connectivity index (χ1) is 8.17. The van der Waals surface area contributed by atoms with Crippen molar-refractivity contribution in [2.24, 2.45) is 5.92 Å². The van der Waals surface area contributed by atoms with Gasteiger partial charge in [-0.05, 0) is 25.7 Å². The summed E-state index contributed by atoms with van der Waals surface area (Å²) in [6.07, 6.45) is 3.26. The predicted octanol–water partition coefficient (Wildman–Crippen LogP) is -0.322. The molecule has 0 heterocycles. The average Bonchev–Trinajstić information content (AvgIpc) is 2.36. The summed E-state index contributed by atoms with van der Waals surface area (Å²) < 4.78 is 4.67. The van der Waals surface area contributed by atoms with E-state index in [4.69, 9.17) is 0 Å². The number of esters is 1. The molecule has 0 unspecified atom stereocenters. The van der Waals surface area contributed by atoms with Crippen LogP contribution in [0.25, 0.3) is 0 Å². The highest BCUT2D eigenvalue weighted by molar-refractivity contribution is 5.75. The molecule has 0 aromatic heterocycles. The summed E-state index contributed by atoms with van der Waals surface area (Å²) in [5.74, 6) is -0.246. The third-order valence-corrected chi connectivity index (χ3v) is 2.84. The molecule has 17 heavy (non-hydrogen) atoms. The van der Waals surface area contributed by atoms with Crippen molar-refractivity contribution in [2.45, 2.75) is 31.7 Å². The lowest BCUT2D eigenvalue weighted by Crippen LogP contribution is -2.48. The van der Waals surface area contributed by atoms with Crippen molar-refractivity contribution in [2.75, 3.05) is 7.11 Å². The number of ether oxygens (including phenoxy) is 1. The van der Waals surface area contributed by atoms with Crippen LogP contribution in [0.5, 0.6) is 0 Å². The van der Waals surface area contributed by atoms with Gasteiger partial charge in [0, 0.05) is 6.04 Å². The maximum absolute atomic E-state index is 11.3. The molecule has 1 rings (SSSR count). The van der Waals surface area contributed by atoms with E-state index in [9.17, 15) is 14.4 Å². The Bertz CT molecular complexity index is 287. The second-order valence-corrected chi connectivity index (χ2v) is 3.93. The number of hydrogen-bond donors (Lipinski definition) is 3. The Kier molecular flexibility index (Phi) is 5.25. The lowest BCUT2D eigenvalue weighted by molar-refractivity contribution is -0.146. The maximum Gasteiger partial charge on any atom is 0.333 e. The van der Waals surface area contributed by atoms with E-state index in [0.29, 0.717) is 19.3 Å². The molecule has 1 aliphatic carbocycles. The Labute approximate surface area is 99.2 Å². The van der Waals surface area contributed by atoms with Crippen molar-refractivity contribution in [1.29, 1.82) is 0 Å². The fraction of sp³-hybridized carbons (Fsp3) is 0.700. The highest BCUT2D eigenvalue weighted by atomic mass is 16.5. The first kappa shape index (κ1) is 13.3. The smallest absolute Gasteiger partial charge is 0.333 e. The van der Waals surface area contributed by atoms with E-state index in [2.05, 4.69) is 20.9 Å². The van der Waals surface area contributed by atoms with Crippen LogP contribution in [0.3, 0.4) is 0 Å². The number of methoxy groups -OCH3 is 1. The summed E-state index contributed by atoms with van der Waals surface area (Å²) in [5, 5.41) is 2.71. The van der Waals surface area contributed by atoms with Crippen LogP contribution in [0.4, 0.5) is 4.79 Å². The molecule has 7 nitrogen and oxygen atoms in total. The summed E-state index contributed by atoms with van der Waals surface area (Å²) in [4.78, 5) is 32.4. The van der Waals surface area contributed by atoms with Gasteiger partial charge in [-0.15, -0.1) is 0 Å². The average molecular weight is 243 g/mol. The zero-order valence-electron chi connectivity index (χ0n) is 9.69. The van der Waals surface area contributed by atoms with Gasteiger partial charge in [-0.3, -0.25) is 15.0 Å². The lowest BCUT2D eigenvalue weighted by atomic mass is 9.86. The number of hydrogen-bond acceptors (Lipinski definition) is 4. The first-order valence-electron chi connectivity index (χ1n) is 5.51. The van der Waals surface area contributed by atoms with E-state index in [1.54, 1.807) is 0 Å². The molecule has 1 fully saturated rings. The summed E-state index contributed by atoms with van der Waals surface area (Å²) in [5.41, 5.74) is 4.22. The number of carbonyl (C=O) groups is 3. The van der Waals surface area contributed by atoms with E-state index in [1.807, 2.05) is 0 Å². The van der Waals surface area contributed by atoms with Crippen LogP contribution in [0.1, 0.15) is 25.7 Å². The van der Waals surface area contributed by atoms with Gasteiger partial charge in [0.05, 0.1) is 13.0 Å². The van der Waals surface area contributed by atoms with Crippen molar-refractivity contribution in [3.8, 4) is 0 Å². The minimum atomic E-state index is -0.446. The summed E-state index contributed by atoms with van der Waals surface area (Å²) in [6.45, 7) is 0. The normalized spacial score (nSPS) is 23.4. The quantitative estimate of drug-likeness (QED) is 0.358. The molecular weight excluding hydrogens is 226 g/mol. The number of nitrogens with one attached hydrogen (secondary N) is 3. The molecule has 0 aliphatic heterocycles.